The molecule has 0 heterocycles. The van der Waals surface area contributed by atoms with Crippen molar-refractivity contribution < 1.29 is 18.0 Å². The average Bonchev–Trinajstić information content (AvgIpc) is 2.42. The summed E-state index contributed by atoms with van der Waals surface area (Å²) in [7, 11) is 0. The van der Waals surface area contributed by atoms with Gasteiger partial charge in [-0.1, -0.05) is 22.0 Å². The van der Waals surface area contributed by atoms with Gasteiger partial charge >= 0.3 is 0 Å². The number of benzene rings is 2. The van der Waals surface area contributed by atoms with Gasteiger partial charge in [-0.05, 0) is 30.3 Å². The fraction of sp³-hybridized carbons (Fsp3) is 0.0714. The number of nitrogens with one attached hydrogen (secondary N) is 1. The lowest BCUT2D eigenvalue weighted by Crippen LogP contribution is -2.24. The molecule has 0 saturated heterocycles. The van der Waals surface area contributed by atoms with Crippen molar-refractivity contribution in [2.45, 2.75) is 6.54 Å². The molecule has 104 valence electrons. The molecule has 0 radical (unpaired) electrons. The van der Waals surface area contributed by atoms with Crippen molar-refractivity contribution in [3.05, 3.63) is 69.4 Å². The first kappa shape index (κ1) is 14.6. The van der Waals surface area contributed by atoms with E-state index in [1.807, 2.05) is 0 Å². The molecule has 2 aromatic rings. The SMILES string of the molecule is O=C(NCc1cc(Br)ccc1F)c1cccc(F)c1F. The van der Waals surface area contributed by atoms with Crippen LogP contribution in [0.3, 0.4) is 0 Å². The van der Waals surface area contributed by atoms with E-state index in [2.05, 4.69) is 21.2 Å². The molecule has 0 aliphatic rings. The number of hydrogen-bond donors (Lipinski definition) is 1. The van der Waals surface area contributed by atoms with Crippen LogP contribution in [-0.4, -0.2) is 5.91 Å². The molecule has 2 nitrogen and oxygen atoms in total. The van der Waals surface area contributed by atoms with Crippen LogP contribution in [0, 0.1) is 17.5 Å². The van der Waals surface area contributed by atoms with E-state index >= 15 is 0 Å². The molecule has 0 saturated carbocycles. The normalized spacial score (nSPS) is 10.4. The molecule has 0 aliphatic heterocycles. The van der Waals surface area contributed by atoms with E-state index in [0.717, 1.165) is 12.1 Å². The highest BCUT2D eigenvalue weighted by Crippen LogP contribution is 2.16. The van der Waals surface area contributed by atoms with E-state index in [-0.39, 0.29) is 12.1 Å². The van der Waals surface area contributed by atoms with E-state index in [4.69, 9.17) is 0 Å². The molecule has 1 N–H and O–H groups in total. The highest BCUT2D eigenvalue weighted by atomic mass is 79.9. The predicted molar refractivity (Wildman–Crippen MR) is 71.6 cm³/mol. The monoisotopic (exact) mass is 343 g/mol. The van der Waals surface area contributed by atoms with Crippen LogP contribution >= 0.6 is 15.9 Å². The number of carbonyl (C=O) groups is 1. The Balaban J connectivity index is 2.13. The fourth-order valence-electron chi connectivity index (χ4n) is 1.63. The Kier molecular flexibility index (Phi) is 4.44. The highest BCUT2D eigenvalue weighted by molar-refractivity contribution is 9.10. The van der Waals surface area contributed by atoms with E-state index in [1.165, 1.54) is 24.3 Å². The van der Waals surface area contributed by atoms with Crippen LogP contribution in [-0.2, 0) is 6.54 Å². The van der Waals surface area contributed by atoms with Gasteiger partial charge in [-0.2, -0.15) is 0 Å². The van der Waals surface area contributed by atoms with Gasteiger partial charge in [0, 0.05) is 16.6 Å². The summed E-state index contributed by atoms with van der Waals surface area (Å²) in [5, 5.41) is 2.34. The molecule has 0 atom stereocenters. The summed E-state index contributed by atoms with van der Waals surface area (Å²) in [6, 6.07) is 7.57. The van der Waals surface area contributed by atoms with Crippen LogP contribution in [0.15, 0.2) is 40.9 Å². The summed E-state index contributed by atoms with van der Waals surface area (Å²) in [6.45, 7) is -0.125. The molecular formula is C14H9BrF3NO. The Morgan fingerprint density at radius 3 is 2.60 bits per heavy atom. The van der Waals surface area contributed by atoms with Crippen LogP contribution in [0.1, 0.15) is 15.9 Å². The second kappa shape index (κ2) is 6.09. The molecule has 0 bridgehead atoms. The van der Waals surface area contributed by atoms with Gasteiger partial charge in [-0.15, -0.1) is 0 Å². The third-order valence-corrected chi connectivity index (χ3v) is 3.14. The third kappa shape index (κ3) is 3.19. The van der Waals surface area contributed by atoms with E-state index < -0.39 is 28.9 Å². The van der Waals surface area contributed by atoms with Crippen molar-refractivity contribution in [2.75, 3.05) is 0 Å². The van der Waals surface area contributed by atoms with E-state index in [0.29, 0.717) is 4.47 Å². The fourth-order valence-corrected chi connectivity index (χ4v) is 2.04. The summed E-state index contributed by atoms with van der Waals surface area (Å²) in [6.07, 6.45) is 0. The van der Waals surface area contributed by atoms with Crippen molar-refractivity contribution in [3.63, 3.8) is 0 Å². The van der Waals surface area contributed by atoms with Gasteiger partial charge in [-0.25, -0.2) is 13.2 Å². The molecule has 0 spiro atoms. The lowest BCUT2D eigenvalue weighted by molar-refractivity contribution is 0.0945. The number of halogens is 4. The highest BCUT2D eigenvalue weighted by Gasteiger charge is 2.15. The molecule has 2 aromatic carbocycles. The summed E-state index contributed by atoms with van der Waals surface area (Å²) in [4.78, 5) is 11.7. The second-order valence-electron chi connectivity index (χ2n) is 4.02. The summed E-state index contributed by atoms with van der Waals surface area (Å²) >= 11 is 3.18. The van der Waals surface area contributed by atoms with Gasteiger partial charge in [0.05, 0.1) is 5.56 Å². The van der Waals surface area contributed by atoms with Gasteiger partial charge in [-0.3, -0.25) is 4.79 Å². The topological polar surface area (TPSA) is 29.1 Å². The van der Waals surface area contributed by atoms with Crippen LogP contribution in [0.4, 0.5) is 13.2 Å². The second-order valence-corrected chi connectivity index (χ2v) is 4.94. The molecule has 0 aliphatic carbocycles. The zero-order valence-electron chi connectivity index (χ0n) is 10.1. The Hall–Kier alpha value is -1.82. The van der Waals surface area contributed by atoms with Crippen LogP contribution in [0.2, 0.25) is 0 Å². The minimum atomic E-state index is -1.22. The maximum atomic E-state index is 13.5. The number of amides is 1. The van der Waals surface area contributed by atoms with E-state index in [1.54, 1.807) is 0 Å². The smallest absolute Gasteiger partial charge is 0.254 e. The molecule has 1 amide bonds. The summed E-state index contributed by atoms with van der Waals surface area (Å²) in [5.41, 5.74) is -0.176. The molecule has 6 heteroatoms. The summed E-state index contributed by atoms with van der Waals surface area (Å²) in [5.74, 6) is -3.62. The Morgan fingerprint density at radius 2 is 1.85 bits per heavy atom. The first-order valence-electron chi connectivity index (χ1n) is 5.65. The molecule has 0 aromatic heterocycles. The van der Waals surface area contributed by atoms with Crippen molar-refractivity contribution in [1.82, 2.24) is 5.32 Å². The zero-order valence-corrected chi connectivity index (χ0v) is 11.7. The van der Waals surface area contributed by atoms with Crippen molar-refractivity contribution >= 4 is 21.8 Å². The molecule has 20 heavy (non-hydrogen) atoms. The Morgan fingerprint density at radius 1 is 1.10 bits per heavy atom. The molecule has 0 unspecified atom stereocenters. The minimum Gasteiger partial charge on any atom is -0.348 e. The third-order valence-electron chi connectivity index (χ3n) is 2.64. The Labute approximate surface area is 121 Å². The number of rotatable bonds is 3. The molecule has 2 rings (SSSR count). The van der Waals surface area contributed by atoms with Gasteiger partial charge < -0.3 is 5.32 Å². The maximum Gasteiger partial charge on any atom is 0.254 e. The largest absolute Gasteiger partial charge is 0.348 e. The van der Waals surface area contributed by atoms with Crippen LogP contribution < -0.4 is 5.32 Å². The number of carbonyl (C=O) groups excluding carboxylic acids is 1. The first-order chi connectivity index (χ1) is 9.49. The lowest BCUT2D eigenvalue weighted by atomic mass is 10.1. The summed E-state index contributed by atoms with van der Waals surface area (Å²) < 4.78 is 40.5. The van der Waals surface area contributed by atoms with Crippen molar-refractivity contribution in [1.29, 1.82) is 0 Å². The maximum absolute atomic E-state index is 13.5. The predicted octanol–water partition coefficient (Wildman–Crippen LogP) is 3.80. The Bertz CT molecular complexity index is 661. The molecule has 0 fully saturated rings. The van der Waals surface area contributed by atoms with Gasteiger partial charge in [0.15, 0.2) is 11.6 Å². The average molecular weight is 344 g/mol. The van der Waals surface area contributed by atoms with Gasteiger partial charge in [0.25, 0.3) is 5.91 Å². The number of hydrogen-bond acceptors (Lipinski definition) is 1. The quantitative estimate of drug-likeness (QED) is 0.902. The van der Waals surface area contributed by atoms with Gasteiger partial charge in [0.2, 0.25) is 0 Å². The zero-order chi connectivity index (χ0) is 14.7. The van der Waals surface area contributed by atoms with Gasteiger partial charge in [0.1, 0.15) is 5.82 Å². The van der Waals surface area contributed by atoms with Crippen LogP contribution in [0.5, 0.6) is 0 Å². The lowest BCUT2D eigenvalue weighted by Gasteiger charge is -2.08. The first-order valence-corrected chi connectivity index (χ1v) is 6.44. The standard InChI is InChI=1S/C14H9BrF3NO/c15-9-4-5-11(16)8(6-9)7-19-14(20)10-2-1-3-12(17)13(10)18/h1-6H,7H2,(H,19,20). The molecular weight excluding hydrogens is 335 g/mol. The van der Waals surface area contributed by atoms with E-state index in [9.17, 15) is 18.0 Å². The van der Waals surface area contributed by atoms with Crippen LogP contribution in [0.25, 0.3) is 0 Å². The minimum absolute atomic E-state index is 0.125. The van der Waals surface area contributed by atoms with Crippen molar-refractivity contribution in [3.8, 4) is 0 Å². The van der Waals surface area contributed by atoms with Crippen molar-refractivity contribution in [2.24, 2.45) is 0 Å².